The van der Waals surface area contributed by atoms with Gasteiger partial charge in [0.05, 0.1) is 4.90 Å². The second-order valence-corrected chi connectivity index (χ2v) is 7.74. The average Bonchev–Trinajstić information content (AvgIpc) is 3.18. The van der Waals surface area contributed by atoms with Gasteiger partial charge < -0.3 is 10.2 Å². The number of rotatable bonds is 5. The maximum atomic E-state index is 12.2. The summed E-state index contributed by atoms with van der Waals surface area (Å²) in [6, 6.07) is 7.04. The molecule has 1 fully saturated rings. The molecule has 3 rings (SSSR count). The van der Waals surface area contributed by atoms with E-state index in [1.54, 1.807) is 29.2 Å². The van der Waals surface area contributed by atoms with E-state index in [2.05, 4.69) is 15.0 Å². The molecule has 0 saturated carbocycles. The maximum Gasteiger partial charge on any atom is 0.263 e. The van der Waals surface area contributed by atoms with Crippen LogP contribution in [0.3, 0.4) is 0 Å². The highest BCUT2D eigenvalue weighted by Gasteiger charge is 2.30. The molecule has 2 aliphatic heterocycles. The zero-order valence-electron chi connectivity index (χ0n) is 13.7. The van der Waals surface area contributed by atoms with E-state index in [0.29, 0.717) is 30.8 Å². The Morgan fingerprint density at radius 1 is 1.38 bits per heavy atom. The van der Waals surface area contributed by atoms with Crippen LogP contribution in [0.15, 0.2) is 34.2 Å². The van der Waals surface area contributed by atoms with Gasteiger partial charge >= 0.3 is 0 Å². The van der Waals surface area contributed by atoms with Crippen LogP contribution < -0.4 is 10.0 Å². The lowest BCUT2D eigenvalue weighted by Crippen LogP contribution is -2.38. The molecular weight excluding hydrogens is 328 g/mol. The number of benzene rings is 1. The molecule has 2 heterocycles. The number of carbonyl (C=O) groups excluding carboxylic acids is 1. The SMILES string of the molecule is CN(C(=O)CCCN=C1NS(=O)(=O)c2ccccc21)C1CCNC1. The molecule has 0 aliphatic carbocycles. The lowest BCUT2D eigenvalue weighted by atomic mass is 10.2. The van der Waals surface area contributed by atoms with Crippen LogP contribution in [-0.2, 0) is 14.8 Å². The second-order valence-electron chi connectivity index (χ2n) is 6.09. The predicted molar refractivity (Wildman–Crippen MR) is 91.4 cm³/mol. The quantitative estimate of drug-likeness (QED) is 0.749. The molecule has 2 aliphatic rings. The third-order valence-electron chi connectivity index (χ3n) is 4.46. The molecule has 1 amide bonds. The van der Waals surface area contributed by atoms with Crippen LogP contribution in [0.1, 0.15) is 24.8 Å². The van der Waals surface area contributed by atoms with Gasteiger partial charge in [0.25, 0.3) is 10.0 Å². The van der Waals surface area contributed by atoms with Crippen molar-refractivity contribution in [2.75, 3.05) is 26.7 Å². The molecule has 0 spiro atoms. The number of aliphatic imine (C=N–C) groups is 1. The van der Waals surface area contributed by atoms with E-state index in [1.165, 1.54) is 0 Å². The van der Waals surface area contributed by atoms with Crippen LogP contribution in [0.5, 0.6) is 0 Å². The van der Waals surface area contributed by atoms with Crippen molar-refractivity contribution in [2.45, 2.75) is 30.2 Å². The van der Waals surface area contributed by atoms with Gasteiger partial charge in [-0.25, -0.2) is 8.42 Å². The number of hydrogen-bond donors (Lipinski definition) is 2. The molecule has 1 atom stereocenters. The number of nitrogens with one attached hydrogen (secondary N) is 2. The van der Waals surface area contributed by atoms with Gasteiger partial charge in [-0.05, 0) is 31.5 Å². The Kier molecular flexibility index (Phi) is 4.86. The molecule has 1 aromatic carbocycles. The second kappa shape index (κ2) is 6.90. The Morgan fingerprint density at radius 3 is 2.92 bits per heavy atom. The summed E-state index contributed by atoms with van der Waals surface area (Å²) in [4.78, 5) is 18.6. The Bertz CT molecular complexity index is 754. The van der Waals surface area contributed by atoms with Gasteiger partial charge in [0.15, 0.2) is 0 Å². The molecule has 24 heavy (non-hydrogen) atoms. The highest BCUT2D eigenvalue weighted by atomic mass is 32.2. The standard InChI is InChI=1S/C16H22N4O3S/c1-20(12-8-10-17-11-12)15(21)7-4-9-18-16-13-5-2-3-6-14(13)24(22,23)19-16/h2-3,5-6,12,17H,4,7-11H2,1H3,(H,18,19). The molecule has 0 aromatic heterocycles. The van der Waals surface area contributed by atoms with E-state index in [-0.39, 0.29) is 16.8 Å². The first-order valence-corrected chi connectivity index (χ1v) is 9.60. The fourth-order valence-corrected chi connectivity index (χ4v) is 4.27. The van der Waals surface area contributed by atoms with Crippen molar-refractivity contribution in [3.05, 3.63) is 29.8 Å². The minimum absolute atomic E-state index is 0.108. The normalized spacial score (nSPS) is 23.0. The van der Waals surface area contributed by atoms with Crippen molar-refractivity contribution in [2.24, 2.45) is 4.99 Å². The minimum Gasteiger partial charge on any atom is -0.341 e. The average molecular weight is 350 g/mol. The minimum atomic E-state index is -3.50. The molecule has 130 valence electrons. The summed E-state index contributed by atoms with van der Waals surface area (Å²) in [5, 5.41) is 3.25. The van der Waals surface area contributed by atoms with Crippen molar-refractivity contribution in [3.8, 4) is 0 Å². The lowest BCUT2D eigenvalue weighted by Gasteiger charge is -2.23. The summed E-state index contributed by atoms with van der Waals surface area (Å²) < 4.78 is 26.4. The monoisotopic (exact) mass is 350 g/mol. The van der Waals surface area contributed by atoms with Crippen LogP contribution in [0, 0.1) is 0 Å². The molecule has 1 aromatic rings. The molecule has 0 radical (unpaired) electrons. The summed E-state index contributed by atoms with van der Waals surface area (Å²) in [6.07, 6.45) is 2.00. The number of nitrogens with zero attached hydrogens (tertiary/aromatic N) is 2. The van der Waals surface area contributed by atoms with Gasteiger partial charge in [-0.2, -0.15) is 0 Å². The molecule has 7 nitrogen and oxygen atoms in total. The first-order chi connectivity index (χ1) is 11.5. The number of amidine groups is 1. The van der Waals surface area contributed by atoms with Crippen LogP contribution in [0.2, 0.25) is 0 Å². The van der Waals surface area contributed by atoms with E-state index in [0.717, 1.165) is 19.5 Å². The van der Waals surface area contributed by atoms with Gasteiger partial charge in [0, 0.05) is 38.2 Å². The summed E-state index contributed by atoms with van der Waals surface area (Å²) >= 11 is 0. The molecule has 1 saturated heterocycles. The first-order valence-electron chi connectivity index (χ1n) is 8.12. The van der Waals surface area contributed by atoms with E-state index in [9.17, 15) is 13.2 Å². The molecule has 2 N–H and O–H groups in total. The van der Waals surface area contributed by atoms with Crippen LogP contribution in [-0.4, -0.2) is 57.8 Å². The number of fused-ring (bicyclic) bond motifs is 1. The van der Waals surface area contributed by atoms with Crippen LogP contribution >= 0.6 is 0 Å². The number of likely N-dealkylation sites (N-methyl/N-ethyl adjacent to an activating group) is 1. The van der Waals surface area contributed by atoms with Crippen molar-refractivity contribution < 1.29 is 13.2 Å². The van der Waals surface area contributed by atoms with Gasteiger partial charge in [0.2, 0.25) is 5.91 Å². The van der Waals surface area contributed by atoms with Crippen LogP contribution in [0.4, 0.5) is 0 Å². The highest BCUT2D eigenvalue weighted by Crippen LogP contribution is 2.22. The zero-order valence-corrected chi connectivity index (χ0v) is 14.5. The summed E-state index contributed by atoms with van der Waals surface area (Å²) in [5.41, 5.74) is 0.595. The fraction of sp³-hybridized carbons (Fsp3) is 0.500. The Hall–Kier alpha value is -1.93. The number of sulfonamides is 1. The lowest BCUT2D eigenvalue weighted by molar-refractivity contribution is -0.131. The summed E-state index contributed by atoms with van der Waals surface area (Å²) in [6.45, 7) is 2.22. The summed E-state index contributed by atoms with van der Waals surface area (Å²) in [5.74, 6) is 0.475. The number of amides is 1. The number of carbonyl (C=O) groups is 1. The first kappa shape index (κ1) is 16.9. The van der Waals surface area contributed by atoms with Crippen molar-refractivity contribution in [3.63, 3.8) is 0 Å². The third-order valence-corrected chi connectivity index (χ3v) is 5.85. The highest BCUT2D eigenvalue weighted by molar-refractivity contribution is 7.90. The molecular formula is C16H22N4O3S. The van der Waals surface area contributed by atoms with Gasteiger partial charge in [-0.15, -0.1) is 0 Å². The zero-order chi connectivity index (χ0) is 17.2. The van der Waals surface area contributed by atoms with Crippen molar-refractivity contribution >= 4 is 21.8 Å². The Balaban J connectivity index is 1.55. The van der Waals surface area contributed by atoms with Gasteiger partial charge in [-0.1, -0.05) is 12.1 Å². The van der Waals surface area contributed by atoms with E-state index in [4.69, 9.17) is 0 Å². The van der Waals surface area contributed by atoms with Crippen molar-refractivity contribution in [1.82, 2.24) is 14.9 Å². The largest absolute Gasteiger partial charge is 0.341 e. The molecule has 1 unspecified atom stereocenters. The number of hydrogen-bond acceptors (Lipinski definition) is 5. The third kappa shape index (κ3) is 3.44. The van der Waals surface area contributed by atoms with E-state index >= 15 is 0 Å². The van der Waals surface area contributed by atoms with Crippen LogP contribution in [0.25, 0.3) is 0 Å². The topological polar surface area (TPSA) is 90.9 Å². The van der Waals surface area contributed by atoms with Crippen molar-refractivity contribution in [1.29, 1.82) is 0 Å². The van der Waals surface area contributed by atoms with Gasteiger partial charge in [-0.3, -0.25) is 14.5 Å². The Morgan fingerprint density at radius 2 is 2.17 bits per heavy atom. The molecule has 8 heteroatoms. The Labute approximate surface area is 142 Å². The fourth-order valence-electron chi connectivity index (χ4n) is 3.02. The maximum absolute atomic E-state index is 12.2. The van der Waals surface area contributed by atoms with Gasteiger partial charge in [0.1, 0.15) is 5.84 Å². The predicted octanol–water partition coefficient (Wildman–Crippen LogP) is 0.326. The van der Waals surface area contributed by atoms with E-state index in [1.807, 2.05) is 7.05 Å². The van der Waals surface area contributed by atoms with E-state index < -0.39 is 10.0 Å². The smallest absolute Gasteiger partial charge is 0.263 e. The molecule has 0 bridgehead atoms. The summed E-state index contributed by atoms with van der Waals surface area (Å²) in [7, 11) is -1.66.